The van der Waals surface area contributed by atoms with Gasteiger partial charge in [-0.15, -0.1) is 0 Å². The Labute approximate surface area is 198 Å². The standard InChI is InChI=1S/C26H26ClN3O3/c1-16(18-6-4-3-5-7-18)26(32)30(2)25-23(33-15-17-8-9-17)13-20(14-29-25)21-12-19(24(28)31)10-11-22(21)27/h3-7,10-14,16-17H,8-9,15H2,1-2H3,(H2,28,31)/t16-/m0/s1. The molecule has 2 aromatic carbocycles. The molecule has 4 rings (SSSR count). The number of ether oxygens (including phenoxy) is 1. The molecule has 1 aromatic heterocycles. The number of amides is 2. The molecule has 0 aliphatic heterocycles. The highest BCUT2D eigenvalue weighted by Crippen LogP contribution is 2.37. The highest BCUT2D eigenvalue weighted by Gasteiger charge is 2.26. The Morgan fingerprint density at radius 2 is 1.91 bits per heavy atom. The van der Waals surface area contributed by atoms with E-state index in [0.717, 1.165) is 18.4 Å². The fourth-order valence-electron chi connectivity index (χ4n) is 3.61. The van der Waals surface area contributed by atoms with Crippen molar-refractivity contribution in [2.75, 3.05) is 18.6 Å². The maximum absolute atomic E-state index is 13.2. The fraction of sp³-hybridized carbons (Fsp3) is 0.269. The Bertz CT molecular complexity index is 1180. The van der Waals surface area contributed by atoms with E-state index in [2.05, 4.69) is 4.98 Å². The van der Waals surface area contributed by atoms with E-state index in [1.54, 1.807) is 31.4 Å². The van der Waals surface area contributed by atoms with E-state index in [9.17, 15) is 9.59 Å². The zero-order valence-corrected chi connectivity index (χ0v) is 19.4. The normalized spacial score (nSPS) is 13.9. The number of carbonyl (C=O) groups is 2. The first-order valence-electron chi connectivity index (χ1n) is 10.9. The minimum absolute atomic E-state index is 0.0912. The number of anilines is 1. The summed E-state index contributed by atoms with van der Waals surface area (Å²) in [6, 6.07) is 16.3. The predicted molar refractivity (Wildman–Crippen MR) is 130 cm³/mol. The van der Waals surface area contributed by atoms with Gasteiger partial charge in [0.2, 0.25) is 11.8 Å². The minimum atomic E-state index is -0.539. The SMILES string of the molecule is C[C@H](C(=O)N(C)c1ncc(-c2cc(C(N)=O)ccc2Cl)cc1OCC1CC1)c1ccccc1. The van der Waals surface area contributed by atoms with E-state index in [1.165, 1.54) is 4.90 Å². The molecule has 33 heavy (non-hydrogen) atoms. The second-order valence-corrected chi connectivity index (χ2v) is 8.80. The van der Waals surface area contributed by atoms with Crippen molar-refractivity contribution in [1.82, 2.24) is 4.98 Å². The number of benzene rings is 2. The summed E-state index contributed by atoms with van der Waals surface area (Å²) in [4.78, 5) is 31.0. The van der Waals surface area contributed by atoms with Crippen molar-refractivity contribution in [2.24, 2.45) is 11.7 Å². The van der Waals surface area contributed by atoms with E-state index >= 15 is 0 Å². The monoisotopic (exact) mass is 463 g/mol. The van der Waals surface area contributed by atoms with Gasteiger partial charge in [-0.25, -0.2) is 4.98 Å². The van der Waals surface area contributed by atoms with Crippen LogP contribution in [0.1, 0.15) is 41.6 Å². The average molecular weight is 464 g/mol. The molecule has 1 atom stereocenters. The molecule has 0 unspecified atom stereocenters. The van der Waals surface area contributed by atoms with Gasteiger partial charge in [0.15, 0.2) is 11.6 Å². The van der Waals surface area contributed by atoms with E-state index in [-0.39, 0.29) is 11.8 Å². The second-order valence-electron chi connectivity index (χ2n) is 8.39. The van der Waals surface area contributed by atoms with E-state index < -0.39 is 5.91 Å². The molecule has 2 amide bonds. The number of likely N-dealkylation sites (N-methyl/N-ethyl adjacent to an activating group) is 1. The van der Waals surface area contributed by atoms with Crippen LogP contribution in [0.5, 0.6) is 5.75 Å². The first-order chi connectivity index (χ1) is 15.8. The van der Waals surface area contributed by atoms with E-state index in [4.69, 9.17) is 22.1 Å². The Hall–Kier alpha value is -3.38. The van der Waals surface area contributed by atoms with Crippen molar-refractivity contribution in [3.63, 3.8) is 0 Å². The number of primary amides is 1. The third kappa shape index (κ3) is 5.17. The minimum Gasteiger partial charge on any atom is -0.489 e. The smallest absolute Gasteiger partial charge is 0.248 e. The number of nitrogens with two attached hydrogens (primary N) is 1. The highest BCUT2D eigenvalue weighted by molar-refractivity contribution is 6.33. The van der Waals surface area contributed by atoms with Gasteiger partial charge < -0.3 is 10.5 Å². The number of carbonyl (C=O) groups excluding carboxylic acids is 2. The maximum Gasteiger partial charge on any atom is 0.248 e. The van der Waals surface area contributed by atoms with E-state index in [0.29, 0.717) is 45.8 Å². The lowest BCUT2D eigenvalue weighted by molar-refractivity contribution is -0.119. The molecule has 3 aromatic rings. The molecule has 0 spiro atoms. The van der Waals surface area contributed by atoms with Gasteiger partial charge in [-0.3, -0.25) is 14.5 Å². The summed E-state index contributed by atoms with van der Waals surface area (Å²) in [5, 5.41) is 0.463. The molecule has 0 bridgehead atoms. The predicted octanol–water partition coefficient (Wildman–Crippen LogP) is 5.06. The summed E-state index contributed by atoms with van der Waals surface area (Å²) in [5.41, 5.74) is 8.01. The van der Waals surface area contributed by atoms with Crippen LogP contribution >= 0.6 is 11.6 Å². The van der Waals surface area contributed by atoms with Gasteiger partial charge >= 0.3 is 0 Å². The number of nitrogens with zero attached hydrogens (tertiary/aromatic N) is 2. The van der Waals surface area contributed by atoms with Gasteiger partial charge in [0.25, 0.3) is 0 Å². The topological polar surface area (TPSA) is 85.5 Å². The molecule has 1 saturated carbocycles. The van der Waals surface area contributed by atoms with Gasteiger partial charge in [0.1, 0.15) is 0 Å². The van der Waals surface area contributed by atoms with E-state index in [1.807, 2.05) is 43.3 Å². The third-order valence-electron chi connectivity index (χ3n) is 5.88. The molecule has 6 nitrogen and oxygen atoms in total. The van der Waals surface area contributed by atoms with Crippen LogP contribution < -0.4 is 15.4 Å². The summed E-state index contributed by atoms with van der Waals surface area (Å²) in [6.07, 6.45) is 3.89. The number of halogens is 1. The van der Waals surface area contributed by atoms with Crippen LogP contribution in [0.25, 0.3) is 11.1 Å². The average Bonchev–Trinajstić information content (AvgIpc) is 3.66. The van der Waals surface area contributed by atoms with Gasteiger partial charge in [-0.05, 0) is 55.5 Å². The van der Waals surface area contributed by atoms with Crippen LogP contribution in [0, 0.1) is 5.92 Å². The molecule has 7 heteroatoms. The number of hydrogen-bond acceptors (Lipinski definition) is 4. The zero-order chi connectivity index (χ0) is 23.5. The largest absolute Gasteiger partial charge is 0.489 e. The van der Waals surface area contributed by atoms with Gasteiger partial charge in [0.05, 0.1) is 12.5 Å². The number of hydrogen-bond donors (Lipinski definition) is 1. The first-order valence-corrected chi connectivity index (χ1v) is 11.3. The molecule has 0 radical (unpaired) electrons. The quantitative estimate of drug-likeness (QED) is 0.506. The summed E-state index contributed by atoms with van der Waals surface area (Å²) >= 11 is 6.40. The van der Waals surface area contributed by atoms with Crippen LogP contribution in [0.2, 0.25) is 5.02 Å². The first kappa shape index (κ1) is 22.8. The van der Waals surface area contributed by atoms with Crippen LogP contribution in [0.3, 0.4) is 0 Å². The molecule has 170 valence electrons. The summed E-state index contributed by atoms with van der Waals surface area (Å²) in [7, 11) is 1.70. The van der Waals surface area contributed by atoms with Crippen LogP contribution in [0.4, 0.5) is 5.82 Å². The van der Waals surface area contributed by atoms with Crippen molar-refractivity contribution >= 4 is 29.2 Å². The fourth-order valence-corrected chi connectivity index (χ4v) is 3.84. The van der Waals surface area contributed by atoms with Gasteiger partial charge in [0, 0.05) is 35.0 Å². The molecule has 1 aliphatic carbocycles. The van der Waals surface area contributed by atoms with Crippen LogP contribution in [-0.2, 0) is 4.79 Å². The Morgan fingerprint density at radius 1 is 1.18 bits per heavy atom. The molecule has 2 N–H and O–H groups in total. The number of aromatic nitrogens is 1. The maximum atomic E-state index is 13.2. The molecule has 0 saturated heterocycles. The van der Waals surface area contributed by atoms with Gasteiger partial charge in [-0.1, -0.05) is 41.9 Å². The van der Waals surface area contributed by atoms with Crippen molar-refractivity contribution in [1.29, 1.82) is 0 Å². The highest BCUT2D eigenvalue weighted by atomic mass is 35.5. The summed E-state index contributed by atoms with van der Waals surface area (Å²) in [5.74, 6) is 0.489. The third-order valence-corrected chi connectivity index (χ3v) is 6.21. The van der Waals surface area contributed by atoms with Crippen molar-refractivity contribution < 1.29 is 14.3 Å². The lowest BCUT2D eigenvalue weighted by Gasteiger charge is -2.23. The number of pyridine rings is 1. The summed E-state index contributed by atoms with van der Waals surface area (Å²) < 4.78 is 6.11. The Kier molecular flexibility index (Phi) is 6.65. The van der Waals surface area contributed by atoms with Gasteiger partial charge in [-0.2, -0.15) is 0 Å². The molecule has 1 heterocycles. The lowest BCUT2D eigenvalue weighted by Crippen LogP contribution is -2.31. The molecule has 1 aliphatic rings. The van der Waals surface area contributed by atoms with Crippen LogP contribution in [-0.4, -0.2) is 30.5 Å². The van der Waals surface area contributed by atoms with Crippen molar-refractivity contribution in [2.45, 2.75) is 25.7 Å². The molecular weight excluding hydrogens is 438 g/mol. The van der Waals surface area contributed by atoms with Crippen molar-refractivity contribution in [3.8, 4) is 16.9 Å². The van der Waals surface area contributed by atoms with Crippen molar-refractivity contribution in [3.05, 3.63) is 76.9 Å². The molecule has 1 fully saturated rings. The Morgan fingerprint density at radius 3 is 2.58 bits per heavy atom. The zero-order valence-electron chi connectivity index (χ0n) is 18.6. The number of rotatable bonds is 8. The molecular formula is C26H26ClN3O3. The van der Waals surface area contributed by atoms with Crippen LogP contribution in [0.15, 0.2) is 60.8 Å². The summed E-state index contributed by atoms with van der Waals surface area (Å²) in [6.45, 7) is 2.44. The lowest BCUT2D eigenvalue weighted by atomic mass is 10.00. The Balaban J connectivity index is 1.68. The second kappa shape index (κ2) is 9.63.